The van der Waals surface area contributed by atoms with Crippen molar-refractivity contribution in [2.24, 2.45) is 0 Å². The number of rotatable bonds is 1. The highest BCUT2D eigenvalue weighted by Gasteiger charge is 2.06. The van der Waals surface area contributed by atoms with Crippen molar-refractivity contribution < 1.29 is 0 Å². The first-order valence-electron chi connectivity index (χ1n) is 5.78. The van der Waals surface area contributed by atoms with Crippen LogP contribution in [0.15, 0.2) is 53.6 Å². The zero-order chi connectivity index (χ0) is 13.4. The molecule has 5 nitrogen and oxygen atoms in total. The van der Waals surface area contributed by atoms with E-state index in [0.29, 0.717) is 28.0 Å². The van der Waals surface area contributed by atoms with E-state index in [0.717, 1.165) is 0 Å². The van der Waals surface area contributed by atoms with Gasteiger partial charge in [-0.05, 0) is 36.4 Å². The molecule has 4 N–H and O–H groups in total. The van der Waals surface area contributed by atoms with Crippen molar-refractivity contribution in [3.63, 3.8) is 0 Å². The first-order chi connectivity index (χ1) is 9.15. The molecule has 1 heterocycles. The van der Waals surface area contributed by atoms with Crippen LogP contribution in [-0.4, -0.2) is 9.55 Å². The van der Waals surface area contributed by atoms with Gasteiger partial charge in [0.05, 0.1) is 16.6 Å². The lowest BCUT2D eigenvalue weighted by Crippen LogP contribution is -2.19. The molecule has 0 radical (unpaired) electrons. The molecule has 3 aromatic rings. The van der Waals surface area contributed by atoms with Crippen LogP contribution in [-0.2, 0) is 0 Å². The van der Waals surface area contributed by atoms with Crippen LogP contribution in [0.3, 0.4) is 0 Å². The van der Waals surface area contributed by atoms with E-state index in [-0.39, 0.29) is 5.56 Å². The topological polar surface area (TPSA) is 86.9 Å². The largest absolute Gasteiger partial charge is 0.399 e. The summed E-state index contributed by atoms with van der Waals surface area (Å²) in [6.45, 7) is 0. The van der Waals surface area contributed by atoms with Crippen molar-refractivity contribution in [3.8, 4) is 5.69 Å². The highest BCUT2D eigenvalue weighted by Crippen LogP contribution is 2.14. The zero-order valence-electron chi connectivity index (χ0n) is 10.1. The van der Waals surface area contributed by atoms with Gasteiger partial charge >= 0.3 is 0 Å². The van der Waals surface area contributed by atoms with E-state index in [4.69, 9.17) is 11.5 Å². The number of fused-ring (bicyclic) bond motifs is 1. The molecular formula is C14H12N4O. The number of nitrogens with zero attached hydrogens (tertiary/aromatic N) is 2. The van der Waals surface area contributed by atoms with E-state index in [2.05, 4.69) is 4.98 Å². The Bertz CT molecular complexity index is 823. The standard InChI is InChI=1S/C14H12N4O/c15-9-2-1-3-11(6-9)18-8-17-13-5-4-10(16)7-12(13)14(18)19/h1-8H,15-16H2. The van der Waals surface area contributed by atoms with Crippen molar-refractivity contribution in [2.75, 3.05) is 11.5 Å². The minimum atomic E-state index is -0.164. The highest BCUT2D eigenvalue weighted by molar-refractivity contribution is 5.81. The molecule has 19 heavy (non-hydrogen) atoms. The molecule has 0 atom stereocenters. The second-order valence-electron chi connectivity index (χ2n) is 4.29. The fourth-order valence-electron chi connectivity index (χ4n) is 2.00. The third-order valence-corrected chi connectivity index (χ3v) is 2.93. The molecule has 0 aliphatic carbocycles. The lowest BCUT2D eigenvalue weighted by molar-refractivity contribution is 0.964. The summed E-state index contributed by atoms with van der Waals surface area (Å²) in [5, 5.41) is 0.491. The van der Waals surface area contributed by atoms with Crippen molar-refractivity contribution in [1.29, 1.82) is 0 Å². The summed E-state index contributed by atoms with van der Waals surface area (Å²) in [6, 6.07) is 12.2. The highest BCUT2D eigenvalue weighted by atomic mass is 16.1. The minimum Gasteiger partial charge on any atom is -0.399 e. The first-order valence-corrected chi connectivity index (χ1v) is 5.78. The Morgan fingerprint density at radius 1 is 1.00 bits per heavy atom. The molecule has 0 saturated heterocycles. The number of benzene rings is 2. The van der Waals surface area contributed by atoms with Gasteiger partial charge < -0.3 is 11.5 Å². The minimum absolute atomic E-state index is 0.164. The fourth-order valence-corrected chi connectivity index (χ4v) is 2.00. The molecule has 0 amide bonds. The monoisotopic (exact) mass is 252 g/mol. The predicted molar refractivity (Wildman–Crippen MR) is 76.2 cm³/mol. The summed E-state index contributed by atoms with van der Waals surface area (Å²) in [6.07, 6.45) is 1.50. The van der Waals surface area contributed by atoms with Gasteiger partial charge in [0.1, 0.15) is 6.33 Å². The molecule has 3 rings (SSSR count). The molecule has 0 fully saturated rings. The first kappa shape index (κ1) is 11.3. The molecule has 0 spiro atoms. The summed E-state index contributed by atoms with van der Waals surface area (Å²) < 4.78 is 1.46. The normalized spacial score (nSPS) is 10.7. The molecular weight excluding hydrogens is 240 g/mol. The van der Waals surface area contributed by atoms with Gasteiger partial charge in [0.2, 0.25) is 0 Å². The third-order valence-electron chi connectivity index (χ3n) is 2.93. The number of aromatic nitrogens is 2. The summed E-state index contributed by atoms with van der Waals surface area (Å²) in [7, 11) is 0. The summed E-state index contributed by atoms with van der Waals surface area (Å²) in [5.41, 5.74) is 13.7. The van der Waals surface area contributed by atoms with E-state index >= 15 is 0 Å². The van der Waals surface area contributed by atoms with Crippen LogP contribution in [0.2, 0.25) is 0 Å². The number of anilines is 2. The van der Waals surface area contributed by atoms with Crippen LogP contribution in [0.5, 0.6) is 0 Å². The van der Waals surface area contributed by atoms with Crippen LogP contribution in [0.1, 0.15) is 0 Å². The molecule has 2 aromatic carbocycles. The Labute approximate surface area is 109 Å². The maximum absolute atomic E-state index is 12.4. The Kier molecular flexibility index (Phi) is 2.45. The Hall–Kier alpha value is -2.82. The van der Waals surface area contributed by atoms with E-state index in [1.807, 2.05) is 0 Å². The van der Waals surface area contributed by atoms with E-state index in [9.17, 15) is 4.79 Å². The molecule has 0 bridgehead atoms. The van der Waals surface area contributed by atoms with Gasteiger partial charge in [-0.1, -0.05) is 6.07 Å². The summed E-state index contributed by atoms with van der Waals surface area (Å²) in [5.74, 6) is 0. The van der Waals surface area contributed by atoms with Gasteiger partial charge in [-0.3, -0.25) is 9.36 Å². The van der Waals surface area contributed by atoms with Gasteiger partial charge in [-0.15, -0.1) is 0 Å². The van der Waals surface area contributed by atoms with Gasteiger partial charge in [-0.2, -0.15) is 0 Å². The average molecular weight is 252 g/mol. The molecule has 0 aliphatic rings. The Morgan fingerprint density at radius 2 is 1.79 bits per heavy atom. The lowest BCUT2D eigenvalue weighted by atomic mass is 10.2. The van der Waals surface area contributed by atoms with Crippen molar-refractivity contribution >= 4 is 22.3 Å². The number of nitrogen functional groups attached to an aromatic ring is 2. The van der Waals surface area contributed by atoms with Crippen molar-refractivity contribution in [2.45, 2.75) is 0 Å². The maximum Gasteiger partial charge on any atom is 0.265 e. The smallest absolute Gasteiger partial charge is 0.265 e. The zero-order valence-corrected chi connectivity index (χ0v) is 10.1. The molecule has 1 aromatic heterocycles. The quantitative estimate of drug-likeness (QED) is 0.643. The molecule has 0 aliphatic heterocycles. The average Bonchev–Trinajstić information content (AvgIpc) is 2.40. The number of nitrogens with two attached hydrogens (primary N) is 2. The van der Waals surface area contributed by atoms with Gasteiger partial charge in [0.25, 0.3) is 5.56 Å². The van der Waals surface area contributed by atoms with Crippen LogP contribution in [0, 0.1) is 0 Å². The van der Waals surface area contributed by atoms with E-state index < -0.39 is 0 Å². The Morgan fingerprint density at radius 3 is 2.58 bits per heavy atom. The van der Waals surface area contributed by atoms with Crippen LogP contribution < -0.4 is 17.0 Å². The fraction of sp³-hybridized carbons (Fsp3) is 0. The van der Waals surface area contributed by atoms with Crippen molar-refractivity contribution in [1.82, 2.24) is 9.55 Å². The summed E-state index contributed by atoms with van der Waals surface area (Å²) >= 11 is 0. The van der Waals surface area contributed by atoms with Crippen molar-refractivity contribution in [3.05, 3.63) is 59.1 Å². The van der Waals surface area contributed by atoms with Gasteiger partial charge in [0, 0.05) is 11.4 Å². The molecule has 0 unspecified atom stereocenters. The van der Waals surface area contributed by atoms with E-state index in [1.165, 1.54) is 10.9 Å². The van der Waals surface area contributed by atoms with E-state index in [1.54, 1.807) is 42.5 Å². The maximum atomic E-state index is 12.4. The van der Waals surface area contributed by atoms with Crippen LogP contribution in [0.25, 0.3) is 16.6 Å². The second-order valence-corrected chi connectivity index (χ2v) is 4.29. The Balaban J connectivity index is 2.31. The molecule has 94 valence electrons. The molecule has 5 heteroatoms. The number of hydrogen-bond acceptors (Lipinski definition) is 4. The molecule has 0 saturated carbocycles. The number of hydrogen-bond donors (Lipinski definition) is 2. The SMILES string of the molecule is Nc1cccc(-n2cnc3ccc(N)cc3c2=O)c1. The lowest BCUT2D eigenvalue weighted by Gasteiger charge is -2.07. The third kappa shape index (κ3) is 1.91. The summed E-state index contributed by atoms with van der Waals surface area (Å²) in [4.78, 5) is 16.7. The second kappa shape index (κ2) is 4.13. The van der Waals surface area contributed by atoms with Gasteiger partial charge in [0.15, 0.2) is 0 Å². The van der Waals surface area contributed by atoms with Crippen LogP contribution >= 0.6 is 0 Å². The van der Waals surface area contributed by atoms with Crippen LogP contribution in [0.4, 0.5) is 11.4 Å². The van der Waals surface area contributed by atoms with Gasteiger partial charge in [-0.25, -0.2) is 4.98 Å². The predicted octanol–water partition coefficient (Wildman–Crippen LogP) is 1.55.